The minimum Gasteiger partial charge on any atom is -0.495 e. The number of primary sulfonamides is 1. The summed E-state index contributed by atoms with van der Waals surface area (Å²) in [4.78, 5) is 6.48. The fourth-order valence-corrected chi connectivity index (χ4v) is 3.32. The molecule has 1 atom stereocenters. The molecule has 4 N–H and O–H groups in total. The minimum atomic E-state index is -3.52. The van der Waals surface area contributed by atoms with Crippen molar-refractivity contribution in [1.82, 2.24) is 10.6 Å². The van der Waals surface area contributed by atoms with Crippen molar-refractivity contribution >= 4 is 57.2 Å². The Kier molecular flexibility index (Phi) is 9.91. The highest BCUT2D eigenvalue weighted by molar-refractivity contribution is 14.0. The van der Waals surface area contributed by atoms with Crippen molar-refractivity contribution < 1.29 is 13.2 Å². The number of sulfonamides is 1. The third-order valence-corrected chi connectivity index (χ3v) is 4.99. The number of hydrogen-bond acceptors (Lipinski definition) is 5. The number of halogens is 2. The van der Waals surface area contributed by atoms with Gasteiger partial charge in [-0.25, -0.2) is 13.6 Å². The highest BCUT2D eigenvalue weighted by Gasteiger charge is 2.25. The maximum atomic E-state index is 11.0. The Morgan fingerprint density at radius 3 is 2.85 bits per heavy atom. The van der Waals surface area contributed by atoms with Crippen LogP contribution in [-0.2, 0) is 10.0 Å². The molecule has 11 heteroatoms. The summed E-state index contributed by atoms with van der Waals surface area (Å²) < 4.78 is 27.5. The lowest BCUT2D eigenvalue weighted by molar-refractivity contribution is 0.415. The lowest BCUT2D eigenvalue weighted by atomic mass is 10.2. The first-order chi connectivity index (χ1) is 12.3. The molecule has 0 bridgehead atoms. The first-order valence-corrected chi connectivity index (χ1v) is 10.6. The summed E-state index contributed by atoms with van der Waals surface area (Å²) in [6.07, 6.45) is 0.912. The molecule has 1 aromatic carbocycles. The third kappa shape index (κ3) is 7.88. The van der Waals surface area contributed by atoms with E-state index in [-0.39, 0.29) is 42.3 Å². The zero-order chi connectivity index (χ0) is 19.2. The molecule has 1 aromatic rings. The molecule has 1 aliphatic rings. The molecule has 1 saturated heterocycles. The first kappa shape index (κ1) is 24.1. The van der Waals surface area contributed by atoms with Crippen LogP contribution in [0.2, 0.25) is 5.02 Å². The van der Waals surface area contributed by atoms with E-state index >= 15 is 0 Å². The van der Waals surface area contributed by atoms with Gasteiger partial charge in [0.2, 0.25) is 10.0 Å². The number of methoxy groups -OCH3 is 1. The predicted molar refractivity (Wildman–Crippen MR) is 121 cm³/mol. The quantitative estimate of drug-likeness (QED) is 0.279. The Hall–Kier alpha value is -0.980. The Labute approximate surface area is 182 Å². The summed E-state index contributed by atoms with van der Waals surface area (Å²) in [6, 6.07) is 5.73. The second kappa shape index (κ2) is 11.1. The van der Waals surface area contributed by atoms with Crippen molar-refractivity contribution in [3.63, 3.8) is 0 Å². The Morgan fingerprint density at radius 2 is 2.22 bits per heavy atom. The van der Waals surface area contributed by atoms with Gasteiger partial charge in [-0.05, 0) is 31.5 Å². The average molecular weight is 532 g/mol. The maximum absolute atomic E-state index is 11.0. The number of rotatable bonds is 7. The van der Waals surface area contributed by atoms with Gasteiger partial charge in [0.25, 0.3) is 0 Å². The molecule has 2 rings (SSSR count). The number of nitrogens with one attached hydrogen (secondary N) is 2. The van der Waals surface area contributed by atoms with Crippen LogP contribution in [0.3, 0.4) is 0 Å². The van der Waals surface area contributed by atoms with Gasteiger partial charge in [0, 0.05) is 30.7 Å². The van der Waals surface area contributed by atoms with Gasteiger partial charge in [0.05, 0.1) is 25.1 Å². The van der Waals surface area contributed by atoms with Crippen LogP contribution < -0.4 is 25.4 Å². The van der Waals surface area contributed by atoms with Gasteiger partial charge >= 0.3 is 0 Å². The lowest BCUT2D eigenvalue weighted by Gasteiger charge is -2.22. The van der Waals surface area contributed by atoms with Crippen LogP contribution >= 0.6 is 35.6 Å². The number of benzene rings is 1. The van der Waals surface area contributed by atoms with Gasteiger partial charge in [-0.2, -0.15) is 0 Å². The third-order valence-electron chi connectivity index (χ3n) is 4.00. The van der Waals surface area contributed by atoms with E-state index in [1.54, 1.807) is 13.2 Å². The Balaban J connectivity index is 0.00000364. The summed E-state index contributed by atoms with van der Waals surface area (Å²) >= 11 is 6.12. The van der Waals surface area contributed by atoms with Crippen molar-refractivity contribution in [2.24, 2.45) is 10.1 Å². The van der Waals surface area contributed by atoms with E-state index in [1.165, 1.54) is 0 Å². The molecule has 1 fully saturated rings. The first-order valence-electron chi connectivity index (χ1n) is 8.46. The number of nitrogens with two attached hydrogens (primary N) is 1. The van der Waals surface area contributed by atoms with Crippen molar-refractivity contribution in [2.45, 2.75) is 19.4 Å². The minimum absolute atomic E-state index is 0. The number of aliphatic imine (C=N–C) groups is 1. The van der Waals surface area contributed by atoms with Crippen molar-refractivity contribution in [3.8, 4) is 5.75 Å². The van der Waals surface area contributed by atoms with E-state index in [9.17, 15) is 8.42 Å². The van der Waals surface area contributed by atoms with Gasteiger partial charge < -0.3 is 20.3 Å². The fraction of sp³-hybridized carbons (Fsp3) is 0.562. The van der Waals surface area contributed by atoms with E-state index in [0.717, 1.165) is 30.9 Å². The zero-order valence-corrected chi connectivity index (χ0v) is 19.3. The summed E-state index contributed by atoms with van der Waals surface area (Å²) in [6.45, 7) is 4.36. The number of ether oxygens (including phenoxy) is 1. The summed E-state index contributed by atoms with van der Waals surface area (Å²) in [7, 11) is -1.88. The van der Waals surface area contributed by atoms with Crippen LogP contribution in [0.5, 0.6) is 5.75 Å². The molecule has 8 nitrogen and oxygen atoms in total. The smallest absolute Gasteiger partial charge is 0.210 e. The Bertz CT molecular complexity index is 748. The second-order valence-corrected chi connectivity index (χ2v) is 8.19. The molecular weight excluding hydrogens is 505 g/mol. The van der Waals surface area contributed by atoms with Gasteiger partial charge in [-0.3, -0.25) is 4.99 Å². The van der Waals surface area contributed by atoms with E-state index in [2.05, 4.69) is 20.5 Å². The largest absolute Gasteiger partial charge is 0.495 e. The second-order valence-electron chi connectivity index (χ2n) is 6.02. The SMILES string of the molecule is CCNC(=NCCS(N)(=O)=O)NC1CCN(c2cc(Cl)ccc2OC)C1.I. The maximum Gasteiger partial charge on any atom is 0.210 e. The van der Waals surface area contributed by atoms with Gasteiger partial charge in [0.1, 0.15) is 5.75 Å². The molecule has 0 amide bonds. The monoisotopic (exact) mass is 531 g/mol. The summed E-state index contributed by atoms with van der Waals surface area (Å²) in [5, 5.41) is 12.1. The zero-order valence-electron chi connectivity index (χ0n) is 15.4. The molecule has 0 spiro atoms. The number of guanidine groups is 1. The van der Waals surface area contributed by atoms with Gasteiger partial charge in [-0.1, -0.05) is 11.6 Å². The molecule has 1 unspecified atom stereocenters. The lowest BCUT2D eigenvalue weighted by Crippen LogP contribution is -2.45. The van der Waals surface area contributed by atoms with Crippen LogP contribution in [0.1, 0.15) is 13.3 Å². The normalized spacial score (nSPS) is 17.4. The van der Waals surface area contributed by atoms with E-state index in [1.807, 2.05) is 19.1 Å². The van der Waals surface area contributed by atoms with E-state index in [4.69, 9.17) is 21.5 Å². The van der Waals surface area contributed by atoms with E-state index < -0.39 is 10.0 Å². The molecule has 1 heterocycles. The van der Waals surface area contributed by atoms with Crippen molar-refractivity contribution in [1.29, 1.82) is 0 Å². The molecule has 0 saturated carbocycles. The molecule has 1 aliphatic heterocycles. The van der Waals surface area contributed by atoms with Crippen molar-refractivity contribution in [3.05, 3.63) is 23.2 Å². The molecule has 27 heavy (non-hydrogen) atoms. The molecule has 0 aromatic heterocycles. The predicted octanol–water partition coefficient (Wildman–Crippen LogP) is 1.39. The number of nitrogens with zero attached hydrogens (tertiary/aromatic N) is 2. The molecule has 0 aliphatic carbocycles. The van der Waals surface area contributed by atoms with Crippen LogP contribution in [0.4, 0.5) is 5.69 Å². The molecule has 0 radical (unpaired) electrons. The van der Waals surface area contributed by atoms with Crippen molar-refractivity contribution in [2.75, 3.05) is 43.9 Å². The van der Waals surface area contributed by atoms with Crippen LogP contribution in [0.15, 0.2) is 23.2 Å². The number of hydrogen-bond donors (Lipinski definition) is 3. The highest BCUT2D eigenvalue weighted by atomic mass is 127. The molecule has 154 valence electrons. The fourth-order valence-electron chi connectivity index (χ4n) is 2.81. The number of anilines is 1. The van der Waals surface area contributed by atoms with Gasteiger partial charge in [-0.15, -0.1) is 24.0 Å². The van der Waals surface area contributed by atoms with Crippen LogP contribution in [-0.4, -0.2) is 59.5 Å². The standard InChI is InChI=1S/C16H26ClN5O3S.HI/c1-3-19-16(20-7-9-26(18,23)24)21-13-6-8-22(11-13)14-10-12(17)4-5-15(14)25-2;/h4-5,10,13H,3,6-9,11H2,1-2H3,(H2,18,23,24)(H2,19,20,21);1H. The molecular formula is C16H27ClIN5O3S. The van der Waals surface area contributed by atoms with E-state index in [0.29, 0.717) is 17.5 Å². The van der Waals surface area contributed by atoms with Gasteiger partial charge in [0.15, 0.2) is 5.96 Å². The highest BCUT2D eigenvalue weighted by Crippen LogP contribution is 2.33. The Morgan fingerprint density at radius 1 is 1.48 bits per heavy atom. The summed E-state index contributed by atoms with van der Waals surface area (Å²) in [5.74, 6) is 1.19. The summed E-state index contributed by atoms with van der Waals surface area (Å²) in [5.41, 5.74) is 0.959. The van der Waals surface area contributed by atoms with Crippen LogP contribution in [0, 0.1) is 0 Å². The topological polar surface area (TPSA) is 109 Å². The van der Waals surface area contributed by atoms with Crippen LogP contribution in [0.25, 0.3) is 0 Å². The average Bonchev–Trinajstić information content (AvgIpc) is 3.02.